The second-order valence-corrected chi connectivity index (χ2v) is 5.15. The smallest absolute Gasteiger partial charge is 0.307 e. The molecule has 1 aromatic rings. The van der Waals surface area contributed by atoms with Crippen molar-refractivity contribution >= 4 is 5.97 Å². The molecule has 1 unspecified atom stereocenters. The number of hydrogen-bond acceptors (Lipinski definition) is 4. The molecule has 0 radical (unpaired) electrons. The first-order chi connectivity index (χ1) is 9.60. The van der Waals surface area contributed by atoms with Gasteiger partial charge in [-0.25, -0.2) is 0 Å². The highest BCUT2D eigenvalue weighted by molar-refractivity contribution is 5.70. The summed E-state index contributed by atoms with van der Waals surface area (Å²) in [5.74, 6) is -0.364. The van der Waals surface area contributed by atoms with Crippen LogP contribution in [0.2, 0.25) is 0 Å². The summed E-state index contributed by atoms with van der Waals surface area (Å²) in [5.41, 5.74) is 1.03. The Kier molecular flexibility index (Phi) is 4.84. The summed E-state index contributed by atoms with van der Waals surface area (Å²) in [5, 5.41) is 18.8. The zero-order valence-electron chi connectivity index (χ0n) is 11.7. The van der Waals surface area contributed by atoms with E-state index in [0.29, 0.717) is 25.4 Å². The van der Waals surface area contributed by atoms with Crippen LogP contribution in [-0.2, 0) is 11.3 Å². The summed E-state index contributed by atoms with van der Waals surface area (Å²) in [6.45, 7) is 4.55. The number of hydrogen-bond donors (Lipinski definition) is 2. The van der Waals surface area contributed by atoms with Gasteiger partial charge in [0.1, 0.15) is 0 Å². The maximum atomic E-state index is 11.1. The first kappa shape index (κ1) is 14.7. The number of ether oxygens (including phenoxy) is 1. The van der Waals surface area contributed by atoms with Crippen molar-refractivity contribution in [3.8, 4) is 11.5 Å². The molecule has 5 nitrogen and oxygen atoms in total. The van der Waals surface area contributed by atoms with E-state index in [2.05, 4.69) is 4.90 Å². The van der Waals surface area contributed by atoms with E-state index < -0.39 is 5.97 Å². The summed E-state index contributed by atoms with van der Waals surface area (Å²) in [4.78, 5) is 13.2. The van der Waals surface area contributed by atoms with Crippen LogP contribution in [0.3, 0.4) is 0 Å². The van der Waals surface area contributed by atoms with Crippen molar-refractivity contribution < 1.29 is 19.7 Å². The number of rotatable bonds is 5. The predicted molar refractivity (Wildman–Crippen MR) is 74.9 cm³/mol. The van der Waals surface area contributed by atoms with Crippen molar-refractivity contribution in [3.63, 3.8) is 0 Å². The van der Waals surface area contributed by atoms with E-state index in [1.807, 2.05) is 19.1 Å². The van der Waals surface area contributed by atoms with Gasteiger partial charge in [-0.2, -0.15) is 0 Å². The van der Waals surface area contributed by atoms with Crippen molar-refractivity contribution in [1.29, 1.82) is 0 Å². The SMILES string of the molecule is CCOc1cc(CN2CCCC(C(=O)O)C2)ccc1O. The minimum absolute atomic E-state index is 0.137. The molecule has 1 aliphatic rings. The Morgan fingerprint density at radius 2 is 2.30 bits per heavy atom. The molecule has 0 spiro atoms. The lowest BCUT2D eigenvalue weighted by molar-refractivity contribution is -0.143. The van der Waals surface area contributed by atoms with Crippen LogP contribution in [-0.4, -0.2) is 40.8 Å². The van der Waals surface area contributed by atoms with E-state index in [1.165, 1.54) is 0 Å². The zero-order valence-corrected chi connectivity index (χ0v) is 11.7. The number of piperidine rings is 1. The minimum Gasteiger partial charge on any atom is -0.504 e. The molecule has 0 amide bonds. The maximum absolute atomic E-state index is 11.1. The van der Waals surface area contributed by atoms with Crippen molar-refractivity contribution in [2.24, 2.45) is 5.92 Å². The van der Waals surface area contributed by atoms with Crippen LogP contribution >= 0.6 is 0 Å². The number of carboxylic acids is 1. The van der Waals surface area contributed by atoms with Gasteiger partial charge < -0.3 is 14.9 Å². The molecular weight excluding hydrogens is 258 g/mol. The van der Waals surface area contributed by atoms with Crippen molar-refractivity contribution in [2.75, 3.05) is 19.7 Å². The summed E-state index contributed by atoms with van der Waals surface area (Å²) in [7, 11) is 0. The van der Waals surface area contributed by atoms with Gasteiger partial charge in [-0.05, 0) is 44.0 Å². The molecule has 1 atom stereocenters. The second kappa shape index (κ2) is 6.61. The minimum atomic E-state index is -0.713. The Balaban J connectivity index is 2.02. The Morgan fingerprint density at radius 1 is 1.50 bits per heavy atom. The summed E-state index contributed by atoms with van der Waals surface area (Å²) in [6.07, 6.45) is 1.67. The number of nitrogens with zero attached hydrogens (tertiary/aromatic N) is 1. The number of phenols is 1. The molecule has 1 fully saturated rings. The fraction of sp³-hybridized carbons (Fsp3) is 0.533. The Bertz CT molecular complexity index is 475. The number of aliphatic carboxylic acids is 1. The van der Waals surface area contributed by atoms with Gasteiger partial charge in [-0.1, -0.05) is 6.07 Å². The molecule has 5 heteroatoms. The fourth-order valence-corrected chi connectivity index (χ4v) is 2.59. The lowest BCUT2D eigenvalue weighted by atomic mass is 9.98. The van der Waals surface area contributed by atoms with Gasteiger partial charge in [-0.15, -0.1) is 0 Å². The lowest BCUT2D eigenvalue weighted by Gasteiger charge is -2.30. The van der Waals surface area contributed by atoms with Crippen molar-refractivity contribution in [1.82, 2.24) is 4.90 Å². The number of benzene rings is 1. The molecule has 1 heterocycles. The van der Waals surface area contributed by atoms with Gasteiger partial charge in [0, 0.05) is 13.1 Å². The largest absolute Gasteiger partial charge is 0.504 e. The summed E-state index contributed by atoms with van der Waals surface area (Å²) in [6, 6.07) is 5.30. The average Bonchev–Trinajstić information content (AvgIpc) is 2.43. The highest BCUT2D eigenvalue weighted by Crippen LogP contribution is 2.28. The van der Waals surface area contributed by atoms with Gasteiger partial charge in [0.15, 0.2) is 11.5 Å². The van der Waals surface area contributed by atoms with E-state index in [9.17, 15) is 9.90 Å². The molecule has 0 aromatic heterocycles. The number of likely N-dealkylation sites (tertiary alicyclic amines) is 1. The average molecular weight is 279 g/mol. The van der Waals surface area contributed by atoms with Crippen LogP contribution in [0.4, 0.5) is 0 Å². The van der Waals surface area contributed by atoms with Gasteiger partial charge in [0.2, 0.25) is 0 Å². The number of carboxylic acid groups (broad SMARTS) is 1. The molecule has 1 aliphatic heterocycles. The molecule has 2 N–H and O–H groups in total. The van der Waals surface area contributed by atoms with Gasteiger partial charge in [0.05, 0.1) is 12.5 Å². The highest BCUT2D eigenvalue weighted by atomic mass is 16.5. The van der Waals surface area contributed by atoms with Gasteiger partial charge in [0.25, 0.3) is 0 Å². The van der Waals surface area contributed by atoms with Crippen LogP contribution in [0.5, 0.6) is 11.5 Å². The Hall–Kier alpha value is -1.75. The van der Waals surface area contributed by atoms with Crippen LogP contribution in [0.15, 0.2) is 18.2 Å². The van der Waals surface area contributed by atoms with Crippen LogP contribution in [0, 0.1) is 5.92 Å². The number of carbonyl (C=O) groups is 1. The maximum Gasteiger partial charge on any atom is 0.307 e. The van der Waals surface area contributed by atoms with Crippen molar-refractivity contribution in [2.45, 2.75) is 26.3 Å². The Labute approximate surface area is 118 Å². The number of phenolic OH excluding ortho intramolecular Hbond substituents is 1. The summed E-state index contributed by atoms with van der Waals surface area (Å²) >= 11 is 0. The molecule has 1 aromatic carbocycles. The molecule has 110 valence electrons. The predicted octanol–water partition coefficient (Wildman–Crippen LogP) is 2.09. The van der Waals surface area contributed by atoms with Crippen LogP contribution in [0.25, 0.3) is 0 Å². The molecule has 0 aliphatic carbocycles. The third-order valence-electron chi connectivity index (χ3n) is 3.58. The standard InChI is InChI=1S/C15H21NO4/c1-2-20-14-8-11(5-6-13(14)17)9-16-7-3-4-12(10-16)15(18)19/h5-6,8,12,17H,2-4,7,9-10H2,1H3,(H,18,19). The Morgan fingerprint density at radius 3 is 3.00 bits per heavy atom. The van der Waals surface area contributed by atoms with Crippen LogP contribution in [0.1, 0.15) is 25.3 Å². The molecule has 0 saturated carbocycles. The number of aromatic hydroxyl groups is 1. The zero-order chi connectivity index (χ0) is 14.5. The van der Waals surface area contributed by atoms with Gasteiger partial charge >= 0.3 is 5.97 Å². The van der Waals surface area contributed by atoms with E-state index in [0.717, 1.165) is 24.9 Å². The van der Waals surface area contributed by atoms with E-state index in [4.69, 9.17) is 9.84 Å². The lowest BCUT2D eigenvalue weighted by Crippen LogP contribution is -2.38. The molecule has 1 saturated heterocycles. The topological polar surface area (TPSA) is 70.0 Å². The summed E-state index contributed by atoms with van der Waals surface area (Å²) < 4.78 is 5.36. The highest BCUT2D eigenvalue weighted by Gasteiger charge is 2.25. The first-order valence-electron chi connectivity index (χ1n) is 7.00. The van der Waals surface area contributed by atoms with E-state index >= 15 is 0 Å². The quantitative estimate of drug-likeness (QED) is 0.863. The molecular formula is C15H21NO4. The van der Waals surface area contributed by atoms with E-state index in [-0.39, 0.29) is 11.7 Å². The monoisotopic (exact) mass is 279 g/mol. The van der Waals surface area contributed by atoms with Gasteiger partial charge in [-0.3, -0.25) is 9.69 Å². The third-order valence-corrected chi connectivity index (χ3v) is 3.58. The molecule has 20 heavy (non-hydrogen) atoms. The fourth-order valence-electron chi connectivity index (χ4n) is 2.59. The molecule has 0 bridgehead atoms. The second-order valence-electron chi connectivity index (χ2n) is 5.15. The van der Waals surface area contributed by atoms with Crippen molar-refractivity contribution in [3.05, 3.63) is 23.8 Å². The van der Waals surface area contributed by atoms with E-state index in [1.54, 1.807) is 6.07 Å². The molecule has 2 rings (SSSR count). The third kappa shape index (κ3) is 3.63. The normalized spacial score (nSPS) is 19.8. The van der Waals surface area contributed by atoms with Crippen LogP contribution < -0.4 is 4.74 Å². The first-order valence-corrected chi connectivity index (χ1v) is 7.00.